The van der Waals surface area contributed by atoms with Crippen molar-refractivity contribution in [3.63, 3.8) is 0 Å². The number of allylic oxidation sites excluding steroid dienone is 2. The summed E-state index contributed by atoms with van der Waals surface area (Å²) >= 11 is 5.92. The van der Waals surface area contributed by atoms with Crippen LogP contribution in [0.15, 0.2) is 42.0 Å². The highest BCUT2D eigenvalue weighted by Gasteiger charge is 2.18. The van der Waals surface area contributed by atoms with Crippen molar-refractivity contribution in [3.8, 4) is 5.75 Å². The Morgan fingerprint density at radius 2 is 2.26 bits per heavy atom. The van der Waals surface area contributed by atoms with Gasteiger partial charge in [0.1, 0.15) is 11.9 Å². The second-order valence-electron chi connectivity index (χ2n) is 4.11. The molecule has 2 N–H and O–H groups in total. The summed E-state index contributed by atoms with van der Waals surface area (Å²) < 4.78 is 10.4. The van der Waals surface area contributed by atoms with Gasteiger partial charge in [0.2, 0.25) is 0 Å². The number of nitrogens with two attached hydrogens (primary N) is 1. The minimum absolute atomic E-state index is 0.223. The molecule has 5 heteroatoms. The Kier molecular flexibility index (Phi) is 4.12. The number of anilines is 1. The molecule has 1 aliphatic carbocycles. The third-order valence-electron chi connectivity index (χ3n) is 2.75. The Morgan fingerprint density at radius 3 is 2.95 bits per heavy atom. The van der Waals surface area contributed by atoms with Crippen LogP contribution >= 0.6 is 11.6 Å². The van der Waals surface area contributed by atoms with E-state index < -0.39 is 0 Å². The summed E-state index contributed by atoms with van der Waals surface area (Å²) in [6.07, 6.45) is 5.61. The van der Waals surface area contributed by atoms with Gasteiger partial charge in [-0.2, -0.15) is 0 Å². The molecule has 1 atom stereocenters. The van der Waals surface area contributed by atoms with Gasteiger partial charge >= 0.3 is 5.97 Å². The molecule has 0 spiro atoms. The molecule has 100 valence electrons. The lowest BCUT2D eigenvalue weighted by atomic mass is 10.0. The Morgan fingerprint density at radius 1 is 1.47 bits per heavy atom. The van der Waals surface area contributed by atoms with Gasteiger partial charge in [0.05, 0.1) is 17.8 Å². The second kappa shape index (κ2) is 5.80. The maximum absolute atomic E-state index is 11.4. The van der Waals surface area contributed by atoms with Crippen LogP contribution < -0.4 is 10.5 Å². The van der Waals surface area contributed by atoms with E-state index in [4.69, 9.17) is 22.1 Å². The molecule has 1 aromatic rings. The van der Waals surface area contributed by atoms with Crippen LogP contribution in [0.25, 0.3) is 0 Å². The SMILES string of the molecule is COC(=O)C1=CC=CC(Oc2ccc(N)c(Cl)c2)C1. The summed E-state index contributed by atoms with van der Waals surface area (Å²) in [4.78, 5) is 11.4. The van der Waals surface area contributed by atoms with E-state index in [1.165, 1.54) is 7.11 Å². The average molecular weight is 280 g/mol. The van der Waals surface area contributed by atoms with Crippen molar-refractivity contribution in [2.45, 2.75) is 12.5 Å². The van der Waals surface area contributed by atoms with E-state index in [1.807, 2.05) is 6.08 Å². The van der Waals surface area contributed by atoms with Crippen molar-refractivity contribution in [3.05, 3.63) is 47.0 Å². The van der Waals surface area contributed by atoms with Crippen LogP contribution in [-0.4, -0.2) is 19.2 Å². The molecular formula is C14H14ClNO3. The van der Waals surface area contributed by atoms with Gasteiger partial charge in [0, 0.05) is 18.1 Å². The lowest BCUT2D eigenvalue weighted by Crippen LogP contribution is -2.20. The van der Waals surface area contributed by atoms with Crippen molar-refractivity contribution < 1.29 is 14.3 Å². The van der Waals surface area contributed by atoms with E-state index in [0.717, 1.165) is 0 Å². The minimum Gasteiger partial charge on any atom is -0.486 e. The van der Waals surface area contributed by atoms with Crippen LogP contribution in [0.3, 0.4) is 0 Å². The van der Waals surface area contributed by atoms with Crippen molar-refractivity contribution in [1.82, 2.24) is 0 Å². The molecule has 0 fully saturated rings. The number of nitrogen functional groups attached to an aromatic ring is 1. The first kappa shape index (κ1) is 13.5. The molecule has 1 unspecified atom stereocenters. The molecule has 2 rings (SSSR count). The van der Waals surface area contributed by atoms with E-state index in [1.54, 1.807) is 30.4 Å². The average Bonchev–Trinajstić information content (AvgIpc) is 2.42. The number of halogens is 1. The van der Waals surface area contributed by atoms with Crippen LogP contribution in [0.5, 0.6) is 5.75 Å². The first-order chi connectivity index (χ1) is 9.10. The smallest absolute Gasteiger partial charge is 0.333 e. The zero-order valence-corrected chi connectivity index (χ0v) is 11.2. The van der Waals surface area contributed by atoms with Crippen LogP contribution in [0, 0.1) is 0 Å². The third-order valence-corrected chi connectivity index (χ3v) is 3.08. The molecule has 0 heterocycles. The number of rotatable bonds is 3. The molecule has 0 bridgehead atoms. The van der Waals surface area contributed by atoms with E-state index in [2.05, 4.69) is 4.74 Å². The van der Waals surface area contributed by atoms with Gasteiger partial charge in [-0.25, -0.2) is 4.79 Å². The number of methoxy groups -OCH3 is 1. The Bertz CT molecular complexity index is 552. The molecule has 0 radical (unpaired) electrons. The summed E-state index contributed by atoms with van der Waals surface area (Å²) in [6.45, 7) is 0. The van der Waals surface area contributed by atoms with Gasteiger partial charge in [-0.1, -0.05) is 23.8 Å². The van der Waals surface area contributed by atoms with Gasteiger partial charge < -0.3 is 15.2 Å². The van der Waals surface area contributed by atoms with Crippen LogP contribution in [0.4, 0.5) is 5.69 Å². The first-order valence-electron chi connectivity index (χ1n) is 5.77. The number of hydrogen-bond donors (Lipinski definition) is 1. The fraction of sp³-hybridized carbons (Fsp3) is 0.214. The van der Waals surface area contributed by atoms with Crippen molar-refractivity contribution in [1.29, 1.82) is 0 Å². The summed E-state index contributed by atoms with van der Waals surface area (Å²) in [6, 6.07) is 5.08. The fourth-order valence-electron chi connectivity index (χ4n) is 1.77. The Labute approximate surface area is 116 Å². The van der Waals surface area contributed by atoms with E-state index in [0.29, 0.717) is 28.5 Å². The molecule has 0 amide bonds. The molecule has 0 aliphatic heterocycles. The molecule has 0 saturated heterocycles. The number of ether oxygens (including phenoxy) is 2. The van der Waals surface area contributed by atoms with E-state index in [-0.39, 0.29) is 12.1 Å². The van der Waals surface area contributed by atoms with Crippen molar-refractivity contribution in [2.75, 3.05) is 12.8 Å². The van der Waals surface area contributed by atoms with Gasteiger partial charge in [0.25, 0.3) is 0 Å². The molecule has 19 heavy (non-hydrogen) atoms. The minimum atomic E-state index is -0.340. The number of carbonyl (C=O) groups is 1. The van der Waals surface area contributed by atoms with Crippen LogP contribution in [0.1, 0.15) is 6.42 Å². The Hall–Kier alpha value is -1.94. The number of carbonyl (C=O) groups excluding carboxylic acids is 1. The molecule has 1 aliphatic rings. The molecule has 1 aromatic carbocycles. The standard InChI is InChI=1S/C14H14ClNO3/c1-18-14(17)9-3-2-4-10(7-9)19-11-5-6-13(16)12(15)8-11/h2-6,8,10H,7,16H2,1H3. The first-order valence-corrected chi connectivity index (χ1v) is 6.15. The highest BCUT2D eigenvalue weighted by atomic mass is 35.5. The number of benzene rings is 1. The molecular weight excluding hydrogens is 266 g/mol. The normalized spacial score (nSPS) is 17.8. The summed E-state index contributed by atoms with van der Waals surface area (Å²) in [5, 5.41) is 0.445. The highest BCUT2D eigenvalue weighted by Crippen LogP contribution is 2.26. The van der Waals surface area contributed by atoms with E-state index >= 15 is 0 Å². The Balaban J connectivity index is 2.05. The van der Waals surface area contributed by atoms with Crippen LogP contribution in [0.2, 0.25) is 5.02 Å². The monoisotopic (exact) mass is 279 g/mol. The molecule has 0 saturated carbocycles. The topological polar surface area (TPSA) is 61.5 Å². The number of hydrogen-bond acceptors (Lipinski definition) is 4. The maximum atomic E-state index is 11.4. The quantitative estimate of drug-likeness (QED) is 0.683. The van der Waals surface area contributed by atoms with Crippen molar-refractivity contribution >= 4 is 23.3 Å². The van der Waals surface area contributed by atoms with E-state index in [9.17, 15) is 4.79 Å². The summed E-state index contributed by atoms with van der Waals surface area (Å²) in [5.74, 6) is 0.272. The van der Waals surface area contributed by atoms with Crippen LogP contribution in [-0.2, 0) is 9.53 Å². The summed E-state index contributed by atoms with van der Waals surface area (Å²) in [5.41, 5.74) is 6.71. The largest absolute Gasteiger partial charge is 0.486 e. The maximum Gasteiger partial charge on any atom is 0.333 e. The predicted molar refractivity (Wildman–Crippen MR) is 74.1 cm³/mol. The highest BCUT2D eigenvalue weighted by molar-refractivity contribution is 6.33. The second-order valence-corrected chi connectivity index (χ2v) is 4.52. The van der Waals surface area contributed by atoms with Gasteiger partial charge in [-0.15, -0.1) is 0 Å². The molecule has 0 aromatic heterocycles. The zero-order chi connectivity index (χ0) is 13.8. The summed E-state index contributed by atoms with van der Waals surface area (Å²) in [7, 11) is 1.36. The van der Waals surface area contributed by atoms with Gasteiger partial charge in [0.15, 0.2) is 0 Å². The fourth-order valence-corrected chi connectivity index (χ4v) is 1.94. The zero-order valence-electron chi connectivity index (χ0n) is 10.4. The van der Waals surface area contributed by atoms with Crippen molar-refractivity contribution in [2.24, 2.45) is 0 Å². The lowest BCUT2D eigenvalue weighted by molar-refractivity contribution is -0.136. The molecule has 4 nitrogen and oxygen atoms in total. The number of esters is 1. The predicted octanol–water partition coefficient (Wildman–Crippen LogP) is 2.73. The lowest BCUT2D eigenvalue weighted by Gasteiger charge is -2.19. The van der Waals surface area contributed by atoms with Gasteiger partial charge in [-0.05, 0) is 18.2 Å². The third kappa shape index (κ3) is 3.29. The van der Waals surface area contributed by atoms with Gasteiger partial charge in [-0.3, -0.25) is 0 Å².